The number of benzene rings is 1. The summed E-state index contributed by atoms with van der Waals surface area (Å²) in [7, 11) is 0. The molecular formula is C31H54O5. The first kappa shape index (κ1) is 32.1. The molecule has 1 rings (SSSR count). The number of unbranched alkanes of at least 4 members (excludes halogenated alkanes) is 3. The zero-order chi connectivity index (χ0) is 26.8. The summed E-state index contributed by atoms with van der Waals surface area (Å²) in [5, 5.41) is 9.81. The lowest BCUT2D eigenvalue weighted by Gasteiger charge is -2.23. The van der Waals surface area contributed by atoms with E-state index in [1.165, 1.54) is 25.7 Å². The number of hydrogen-bond acceptors (Lipinski definition) is 4. The summed E-state index contributed by atoms with van der Waals surface area (Å²) in [5.74, 6) is 1.88. The molecule has 0 fully saturated rings. The smallest absolute Gasteiger partial charge is 0.335 e. The van der Waals surface area contributed by atoms with Crippen LogP contribution in [0.5, 0.6) is 17.2 Å². The Balaban J connectivity index is 3.26. The number of rotatable bonds is 22. The quantitative estimate of drug-likeness (QED) is 0.170. The van der Waals surface area contributed by atoms with Crippen molar-refractivity contribution in [1.82, 2.24) is 0 Å². The first-order valence-corrected chi connectivity index (χ1v) is 14.7. The van der Waals surface area contributed by atoms with Crippen LogP contribution in [0.4, 0.5) is 0 Å². The standard InChI is InChI=1S/C31H54O5/c1-7-13-16-24(10-4)21-34-28-19-27(31(32)33)20-29(35-22-25(11-5)17-14-8-2)30(28)36-23-26(12-6)18-15-9-3/h19-20,24-26H,7-18,21-23H2,1-6H3,(H,32,33). The van der Waals surface area contributed by atoms with Crippen molar-refractivity contribution in [2.24, 2.45) is 17.8 Å². The largest absolute Gasteiger partial charge is 0.489 e. The Bertz CT molecular complexity index is 676. The molecule has 0 aromatic heterocycles. The Hall–Kier alpha value is -1.91. The fourth-order valence-electron chi connectivity index (χ4n) is 4.37. The third-order valence-corrected chi connectivity index (χ3v) is 7.31. The zero-order valence-electron chi connectivity index (χ0n) is 24.1. The number of ether oxygens (including phenoxy) is 3. The van der Waals surface area contributed by atoms with E-state index in [-0.39, 0.29) is 5.56 Å². The van der Waals surface area contributed by atoms with E-state index < -0.39 is 5.97 Å². The van der Waals surface area contributed by atoms with Crippen molar-refractivity contribution < 1.29 is 24.1 Å². The third kappa shape index (κ3) is 11.9. The van der Waals surface area contributed by atoms with Crippen LogP contribution in [0.1, 0.15) is 129 Å². The maximum Gasteiger partial charge on any atom is 0.335 e. The van der Waals surface area contributed by atoms with Crippen molar-refractivity contribution in [2.75, 3.05) is 19.8 Å². The highest BCUT2D eigenvalue weighted by Crippen LogP contribution is 2.40. The molecule has 0 aliphatic carbocycles. The highest BCUT2D eigenvalue weighted by Gasteiger charge is 2.22. The molecule has 208 valence electrons. The molecule has 3 unspecified atom stereocenters. The molecule has 1 N–H and O–H groups in total. The first-order valence-electron chi connectivity index (χ1n) is 14.7. The normalized spacial score (nSPS) is 13.7. The molecule has 0 heterocycles. The van der Waals surface area contributed by atoms with Gasteiger partial charge in [0.15, 0.2) is 11.5 Å². The SMILES string of the molecule is CCCCC(CC)COc1cc(C(=O)O)cc(OCC(CC)CCCC)c1OCC(CC)CCCC. The van der Waals surface area contributed by atoms with Crippen LogP contribution in [0.3, 0.4) is 0 Å². The summed E-state index contributed by atoms with van der Waals surface area (Å²) in [5.41, 5.74) is 0.175. The highest BCUT2D eigenvalue weighted by atomic mass is 16.5. The lowest BCUT2D eigenvalue weighted by molar-refractivity contribution is 0.0695. The van der Waals surface area contributed by atoms with E-state index in [4.69, 9.17) is 14.2 Å². The van der Waals surface area contributed by atoms with Crippen LogP contribution >= 0.6 is 0 Å². The summed E-state index contributed by atoms with van der Waals surface area (Å²) in [6, 6.07) is 3.22. The van der Waals surface area contributed by atoms with Crippen LogP contribution < -0.4 is 14.2 Å². The van der Waals surface area contributed by atoms with E-state index >= 15 is 0 Å². The van der Waals surface area contributed by atoms with Gasteiger partial charge in [0.05, 0.1) is 25.4 Å². The van der Waals surface area contributed by atoms with Crippen LogP contribution in [0.2, 0.25) is 0 Å². The van der Waals surface area contributed by atoms with Crippen molar-refractivity contribution in [2.45, 2.75) is 119 Å². The summed E-state index contributed by atoms with van der Waals surface area (Å²) in [6.07, 6.45) is 13.4. The van der Waals surface area contributed by atoms with Gasteiger partial charge in [-0.05, 0) is 49.1 Å². The predicted octanol–water partition coefficient (Wildman–Crippen LogP) is 9.17. The molecular weight excluding hydrogens is 452 g/mol. The average Bonchev–Trinajstić information content (AvgIpc) is 2.89. The van der Waals surface area contributed by atoms with E-state index in [0.29, 0.717) is 54.8 Å². The van der Waals surface area contributed by atoms with Gasteiger partial charge in [-0.1, -0.05) is 99.3 Å². The van der Waals surface area contributed by atoms with Crippen LogP contribution in [-0.2, 0) is 0 Å². The summed E-state index contributed by atoms with van der Waals surface area (Å²) in [4.78, 5) is 12.0. The zero-order valence-corrected chi connectivity index (χ0v) is 24.1. The molecule has 0 spiro atoms. The van der Waals surface area contributed by atoms with E-state index in [1.807, 2.05) is 0 Å². The molecule has 0 amide bonds. The van der Waals surface area contributed by atoms with E-state index in [2.05, 4.69) is 41.5 Å². The fraction of sp³-hybridized carbons (Fsp3) is 0.774. The van der Waals surface area contributed by atoms with Gasteiger partial charge in [-0.2, -0.15) is 0 Å². The second-order valence-electron chi connectivity index (χ2n) is 10.3. The Morgan fingerprint density at radius 2 is 1.03 bits per heavy atom. The van der Waals surface area contributed by atoms with Crippen LogP contribution in [-0.4, -0.2) is 30.9 Å². The maximum atomic E-state index is 12.0. The van der Waals surface area contributed by atoms with Crippen LogP contribution in [0.15, 0.2) is 12.1 Å². The lowest BCUT2D eigenvalue weighted by atomic mass is 10.00. The summed E-state index contributed by atoms with van der Waals surface area (Å²) < 4.78 is 19.0. The Labute approximate surface area is 221 Å². The molecule has 1 aromatic carbocycles. The minimum Gasteiger partial charge on any atom is -0.489 e. The number of carboxylic acid groups (broad SMARTS) is 1. The molecule has 0 aliphatic heterocycles. The average molecular weight is 507 g/mol. The van der Waals surface area contributed by atoms with Gasteiger partial charge >= 0.3 is 5.97 Å². The van der Waals surface area contributed by atoms with Crippen molar-refractivity contribution in [1.29, 1.82) is 0 Å². The minimum atomic E-state index is -0.985. The maximum absolute atomic E-state index is 12.0. The van der Waals surface area contributed by atoms with Crippen molar-refractivity contribution in [3.63, 3.8) is 0 Å². The lowest BCUT2D eigenvalue weighted by Crippen LogP contribution is -2.17. The van der Waals surface area contributed by atoms with Crippen LogP contribution in [0.25, 0.3) is 0 Å². The molecule has 36 heavy (non-hydrogen) atoms. The second kappa shape index (κ2) is 19.2. The van der Waals surface area contributed by atoms with Gasteiger partial charge in [-0.15, -0.1) is 0 Å². The molecule has 3 atom stereocenters. The number of aromatic carboxylic acids is 1. The predicted molar refractivity (Wildman–Crippen MR) is 150 cm³/mol. The monoisotopic (exact) mass is 506 g/mol. The fourth-order valence-corrected chi connectivity index (χ4v) is 4.37. The first-order chi connectivity index (χ1) is 17.4. The van der Waals surface area contributed by atoms with Crippen molar-refractivity contribution >= 4 is 5.97 Å². The van der Waals surface area contributed by atoms with Crippen LogP contribution in [0, 0.1) is 17.8 Å². The molecule has 0 saturated carbocycles. The molecule has 0 bridgehead atoms. The molecule has 0 saturated heterocycles. The van der Waals surface area contributed by atoms with E-state index in [1.54, 1.807) is 12.1 Å². The topological polar surface area (TPSA) is 65.0 Å². The number of carboxylic acids is 1. The molecule has 0 aliphatic rings. The van der Waals surface area contributed by atoms with Gasteiger partial charge in [0, 0.05) is 0 Å². The number of carbonyl (C=O) groups is 1. The van der Waals surface area contributed by atoms with Crippen molar-refractivity contribution in [3.05, 3.63) is 17.7 Å². The van der Waals surface area contributed by atoms with Gasteiger partial charge < -0.3 is 19.3 Å². The van der Waals surface area contributed by atoms with E-state index in [0.717, 1.165) is 51.4 Å². The van der Waals surface area contributed by atoms with E-state index in [9.17, 15) is 9.90 Å². The van der Waals surface area contributed by atoms with Gasteiger partial charge in [-0.25, -0.2) is 4.79 Å². The summed E-state index contributed by atoms with van der Waals surface area (Å²) in [6.45, 7) is 14.9. The van der Waals surface area contributed by atoms with Crippen molar-refractivity contribution in [3.8, 4) is 17.2 Å². The van der Waals surface area contributed by atoms with Gasteiger partial charge in [0.25, 0.3) is 0 Å². The number of hydrogen-bond donors (Lipinski definition) is 1. The molecule has 5 nitrogen and oxygen atoms in total. The minimum absolute atomic E-state index is 0.175. The molecule has 5 heteroatoms. The Kier molecular flexibility index (Phi) is 17.2. The van der Waals surface area contributed by atoms with Gasteiger partial charge in [0.1, 0.15) is 0 Å². The summed E-state index contributed by atoms with van der Waals surface area (Å²) >= 11 is 0. The Morgan fingerprint density at radius 3 is 1.33 bits per heavy atom. The Morgan fingerprint density at radius 1 is 0.667 bits per heavy atom. The molecule has 1 aromatic rings. The second-order valence-corrected chi connectivity index (χ2v) is 10.3. The highest BCUT2D eigenvalue weighted by molar-refractivity contribution is 5.89. The molecule has 0 radical (unpaired) electrons. The van der Waals surface area contributed by atoms with Gasteiger partial charge in [0.2, 0.25) is 5.75 Å². The third-order valence-electron chi connectivity index (χ3n) is 7.31. The van der Waals surface area contributed by atoms with Gasteiger partial charge in [-0.3, -0.25) is 0 Å².